The van der Waals surface area contributed by atoms with Crippen LogP contribution in [-0.2, 0) is 22.7 Å². The Labute approximate surface area is 180 Å². The molecule has 0 bridgehead atoms. The first kappa shape index (κ1) is 20.5. The lowest BCUT2D eigenvalue weighted by Crippen LogP contribution is -2.39. The first-order chi connectivity index (χ1) is 15.0. The summed E-state index contributed by atoms with van der Waals surface area (Å²) in [6, 6.07) is 13.7. The number of anilines is 1. The molecule has 0 saturated carbocycles. The molecule has 1 aromatic heterocycles. The van der Waals surface area contributed by atoms with Crippen LogP contribution in [0.5, 0.6) is 0 Å². The smallest absolute Gasteiger partial charge is 0.267 e. The molecule has 0 spiro atoms. The first-order valence-corrected chi connectivity index (χ1v) is 10.2. The summed E-state index contributed by atoms with van der Waals surface area (Å²) >= 11 is 0. The van der Waals surface area contributed by atoms with Crippen LogP contribution in [0.25, 0.3) is 0 Å². The Hall–Kier alpha value is -3.81. The van der Waals surface area contributed by atoms with Gasteiger partial charge in [-0.05, 0) is 42.2 Å². The van der Waals surface area contributed by atoms with Gasteiger partial charge >= 0.3 is 0 Å². The Balaban J connectivity index is 1.49. The van der Waals surface area contributed by atoms with E-state index < -0.39 is 0 Å². The summed E-state index contributed by atoms with van der Waals surface area (Å²) in [6.45, 7) is 4.82. The van der Waals surface area contributed by atoms with Crippen molar-refractivity contribution >= 4 is 23.2 Å². The van der Waals surface area contributed by atoms with Gasteiger partial charge < -0.3 is 5.32 Å². The van der Waals surface area contributed by atoms with E-state index in [-0.39, 0.29) is 18.2 Å². The van der Waals surface area contributed by atoms with Crippen molar-refractivity contribution < 1.29 is 9.59 Å². The number of carbonyl (C=O) groups excluding carboxylic acids is 2. The third-order valence-corrected chi connectivity index (χ3v) is 5.24. The SMILES string of the molecule is Cc1ccc(C)c(N2N=C(C(=O)NCc3ccccc3Cn3cncn3)CCC2=O)c1. The zero-order chi connectivity index (χ0) is 21.8. The normalized spacial score (nSPS) is 13.8. The van der Waals surface area contributed by atoms with Crippen LogP contribution in [0.15, 0.2) is 60.2 Å². The molecule has 0 saturated heterocycles. The Morgan fingerprint density at radius 1 is 1.10 bits per heavy atom. The number of hydrazone groups is 1. The largest absolute Gasteiger partial charge is 0.347 e. The molecule has 2 aromatic carbocycles. The molecule has 31 heavy (non-hydrogen) atoms. The summed E-state index contributed by atoms with van der Waals surface area (Å²) in [5.74, 6) is -0.373. The molecule has 2 amide bonds. The van der Waals surface area contributed by atoms with Gasteiger partial charge in [-0.25, -0.2) is 14.7 Å². The quantitative estimate of drug-likeness (QED) is 0.669. The minimum absolute atomic E-state index is 0.108. The highest BCUT2D eigenvalue weighted by Gasteiger charge is 2.26. The van der Waals surface area contributed by atoms with E-state index in [1.54, 1.807) is 11.0 Å². The van der Waals surface area contributed by atoms with E-state index in [1.165, 1.54) is 11.3 Å². The molecule has 1 N–H and O–H groups in total. The van der Waals surface area contributed by atoms with E-state index in [1.807, 2.05) is 56.3 Å². The molecule has 8 nitrogen and oxygen atoms in total. The Bertz CT molecular complexity index is 1140. The summed E-state index contributed by atoms with van der Waals surface area (Å²) in [7, 11) is 0. The highest BCUT2D eigenvalue weighted by molar-refractivity contribution is 6.40. The molecular weight excluding hydrogens is 392 g/mol. The van der Waals surface area contributed by atoms with Crippen molar-refractivity contribution in [1.29, 1.82) is 0 Å². The zero-order valence-corrected chi connectivity index (χ0v) is 17.6. The molecule has 0 fully saturated rings. The number of nitrogens with zero attached hydrogens (tertiary/aromatic N) is 5. The van der Waals surface area contributed by atoms with Crippen molar-refractivity contribution in [2.45, 2.75) is 39.8 Å². The monoisotopic (exact) mass is 416 g/mol. The van der Waals surface area contributed by atoms with Gasteiger partial charge in [-0.2, -0.15) is 10.2 Å². The van der Waals surface area contributed by atoms with Crippen LogP contribution in [0.3, 0.4) is 0 Å². The van der Waals surface area contributed by atoms with Gasteiger partial charge in [-0.1, -0.05) is 36.4 Å². The standard InChI is InChI=1S/C23H24N6O2/c1-16-7-8-17(2)21(11-16)29-22(30)10-9-20(27-29)23(31)25-12-18-5-3-4-6-19(18)13-28-15-24-14-26-28/h3-8,11,14-15H,9-10,12-13H2,1-2H3,(H,25,31). The maximum absolute atomic E-state index is 12.8. The van der Waals surface area contributed by atoms with Crippen LogP contribution < -0.4 is 10.3 Å². The van der Waals surface area contributed by atoms with Crippen LogP contribution in [0, 0.1) is 13.8 Å². The fraction of sp³-hybridized carbons (Fsp3) is 0.261. The van der Waals surface area contributed by atoms with Gasteiger partial charge in [-0.3, -0.25) is 9.59 Å². The second-order valence-corrected chi connectivity index (χ2v) is 7.59. The molecule has 4 rings (SSSR count). The van der Waals surface area contributed by atoms with E-state index >= 15 is 0 Å². The Morgan fingerprint density at radius 2 is 1.90 bits per heavy atom. The summed E-state index contributed by atoms with van der Waals surface area (Å²) in [6.07, 6.45) is 3.73. The van der Waals surface area contributed by atoms with Crippen molar-refractivity contribution in [2.24, 2.45) is 5.10 Å². The van der Waals surface area contributed by atoms with E-state index in [0.29, 0.717) is 30.9 Å². The lowest BCUT2D eigenvalue weighted by atomic mass is 10.1. The molecule has 3 aromatic rings. The number of benzene rings is 2. The molecule has 158 valence electrons. The number of nitrogens with one attached hydrogen (secondary N) is 1. The minimum Gasteiger partial charge on any atom is -0.347 e. The Morgan fingerprint density at radius 3 is 2.68 bits per heavy atom. The van der Waals surface area contributed by atoms with Crippen LogP contribution in [-0.4, -0.2) is 32.3 Å². The number of hydrogen-bond donors (Lipinski definition) is 1. The van der Waals surface area contributed by atoms with Crippen molar-refractivity contribution in [2.75, 3.05) is 5.01 Å². The summed E-state index contributed by atoms with van der Waals surface area (Å²) in [5.41, 5.74) is 5.08. The van der Waals surface area contributed by atoms with Gasteiger partial charge in [0, 0.05) is 19.4 Å². The maximum Gasteiger partial charge on any atom is 0.267 e. The highest BCUT2D eigenvalue weighted by Crippen LogP contribution is 2.25. The first-order valence-electron chi connectivity index (χ1n) is 10.2. The summed E-state index contributed by atoms with van der Waals surface area (Å²) < 4.78 is 1.74. The van der Waals surface area contributed by atoms with E-state index in [4.69, 9.17) is 0 Å². The minimum atomic E-state index is -0.265. The molecule has 1 aliphatic rings. The van der Waals surface area contributed by atoms with Gasteiger partial charge in [0.15, 0.2) is 0 Å². The van der Waals surface area contributed by atoms with Gasteiger partial charge in [0.2, 0.25) is 5.91 Å². The van der Waals surface area contributed by atoms with E-state index in [0.717, 1.165) is 22.3 Å². The summed E-state index contributed by atoms with van der Waals surface area (Å²) in [5, 5.41) is 12.8. The second kappa shape index (κ2) is 8.91. The predicted molar refractivity (Wildman–Crippen MR) is 117 cm³/mol. The topological polar surface area (TPSA) is 92.5 Å². The third-order valence-electron chi connectivity index (χ3n) is 5.24. The van der Waals surface area contributed by atoms with Crippen LogP contribution in [0.4, 0.5) is 5.69 Å². The molecule has 1 aliphatic heterocycles. The number of amides is 2. The average Bonchev–Trinajstić information content (AvgIpc) is 3.28. The second-order valence-electron chi connectivity index (χ2n) is 7.59. The highest BCUT2D eigenvalue weighted by atomic mass is 16.2. The van der Waals surface area contributed by atoms with Gasteiger partial charge in [0.25, 0.3) is 5.91 Å². The molecule has 0 aliphatic carbocycles. The van der Waals surface area contributed by atoms with Crippen LogP contribution in [0.2, 0.25) is 0 Å². The fourth-order valence-corrected chi connectivity index (χ4v) is 3.50. The lowest BCUT2D eigenvalue weighted by Gasteiger charge is -2.25. The number of carbonyl (C=O) groups is 2. The number of hydrogen-bond acceptors (Lipinski definition) is 5. The fourth-order valence-electron chi connectivity index (χ4n) is 3.50. The molecule has 0 atom stereocenters. The molecule has 8 heteroatoms. The van der Waals surface area contributed by atoms with Crippen molar-refractivity contribution in [3.8, 4) is 0 Å². The maximum atomic E-state index is 12.8. The van der Waals surface area contributed by atoms with Crippen LogP contribution >= 0.6 is 0 Å². The third kappa shape index (κ3) is 4.69. The van der Waals surface area contributed by atoms with Crippen molar-refractivity contribution in [3.63, 3.8) is 0 Å². The number of aromatic nitrogens is 3. The van der Waals surface area contributed by atoms with E-state index in [9.17, 15) is 9.59 Å². The van der Waals surface area contributed by atoms with Crippen LogP contribution in [0.1, 0.15) is 35.1 Å². The number of aryl methyl sites for hydroxylation is 2. The molecule has 0 radical (unpaired) electrons. The Kier molecular flexibility index (Phi) is 5.88. The average molecular weight is 416 g/mol. The summed E-state index contributed by atoms with van der Waals surface area (Å²) in [4.78, 5) is 29.3. The zero-order valence-electron chi connectivity index (χ0n) is 17.6. The number of rotatable bonds is 6. The lowest BCUT2D eigenvalue weighted by molar-refractivity contribution is -0.119. The molecular formula is C23H24N6O2. The molecule has 0 unspecified atom stereocenters. The van der Waals surface area contributed by atoms with Gasteiger partial charge in [0.1, 0.15) is 18.4 Å². The van der Waals surface area contributed by atoms with E-state index in [2.05, 4.69) is 20.5 Å². The van der Waals surface area contributed by atoms with Gasteiger partial charge in [0.05, 0.1) is 12.2 Å². The van der Waals surface area contributed by atoms with Gasteiger partial charge in [-0.15, -0.1) is 0 Å². The predicted octanol–water partition coefficient (Wildman–Crippen LogP) is 2.74. The van der Waals surface area contributed by atoms with Crippen molar-refractivity contribution in [1.82, 2.24) is 20.1 Å². The molecule has 2 heterocycles. The van der Waals surface area contributed by atoms with Crippen molar-refractivity contribution in [3.05, 3.63) is 77.4 Å².